The Hall–Kier alpha value is -1.25. The molecule has 1 aliphatic carbocycles. The number of pyridine rings is 1. The summed E-state index contributed by atoms with van der Waals surface area (Å²) in [5, 5.41) is 0. The summed E-state index contributed by atoms with van der Waals surface area (Å²) in [6, 6.07) is 1.86. The Bertz CT molecular complexity index is 319. The number of methoxy groups -OCH3 is 1. The van der Waals surface area contributed by atoms with Gasteiger partial charge in [0.05, 0.1) is 24.7 Å². The third kappa shape index (κ3) is 1.67. The summed E-state index contributed by atoms with van der Waals surface area (Å²) in [7, 11) is 1.68. The predicted molar refractivity (Wildman–Crippen MR) is 56.4 cm³/mol. The van der Waals surface area contributed by atoms with E-state index in [0.717, 1.165) is 11.4 Å². The summed E-state index contributed by atoms with van der Waals surface area (Å²) in [4.78, 5) is 4.38. The quantitative estimate of drug-likeness (QED) is 0.782. The fourth-order valence-corrected chi connectivity index (χ4v) is 2.14. The fraction of sp³-hybridized carbons (Fsp3) is 0.545. The molecule has 0 radical (unpaired) electrons. The van der Waals surface area contributed by atoms with Crippen molar-refractivity contribution in [1.82, 2.24) is 4.98 Å². The highest BCUT2D eigenvalue weighted by Gasteiger charge is 2.21. The average molecular weight is 192 g/mol. The SMILES string of the molecule is COc1cc(N)cnc1C1CCCC1. The van der Waals surface area contributed by atoms with Crippen LogP contribution in [0.2, 0.25) is 0 Å². The molecule has 0 bridgehead atoms. The van der Waals surface area contributed by atoms with Crippen LogP contribution in [0.25, 0.3) is 0 Å². The van der Waals surface area contributed by atoms with Crippen molar-refractivity contribution in [3.8, 4) is 5.75 Å². The van der Waals surface area contributed by atoms with Gasteiger partial charge in [-0.1, -0.05) is 12.8 Å². The number of nitrogens with two attached hydrogens (primary N) is 1. The minimum atomic E-state index is 0.575. The van der Waals surface area contributed by atoms with Crippen LogP contribution in [0, 0.1) is 0 Å². The van der Waals surface area contributed by atoms with Crippen molar-refractivity contribution in [2.75, 3.05) is 12.8 Å². The summed E-state index contributed by atoms with van der Waals surface area (Å²) in [5.74, 6) is 1.42. The standard InChI is InChI=1S/C11H16N2O/c1-14-10-6-9(12)7-13-11(10)8-4-2-3-5-8/h6-8H,2-5,12H2,1H3. The van der Waals surface area contributed by atoms with E-state index in [2.05, 4.69) is 4.98 Å². The number of anilines is 1. The highest BCUT2D eigenvalue weighted by molar-refractivity contribution is 5.45. The van der Waals surface area contributed by atoms with Crippen LogP contribution >= 0.6 is 0 Å². The fourth-order valence-electron chi connectivity index (χ4n) is 2.14. The van der Waals surface area contributed by atoms with E-state index in [1.54, 1.807) is 13.3 Å². The van der Waals surface area contributed by atoms with E-state index in [1.807, 2.05) is 6.07 Å². The molecule has 0 aromatic carbocycles. The van der Waals surface area contributed by atoms with Crippen molar-refractivity contribution in [3.63, 3.8) is 0 Å². The largest absolute Gasteiger partial charge is 0.495 e. The normalized spacial score (nSPS) is 17.2. The second-order valence-electron chi connectivity index (χ2n) is 3.84. The van der Waals surface area contributed by atoms with Crippen LogP contribution in [0.5, 0.6) is 5.75 Å². The lowest BCUT2D eigenvalue weighted by atomic mass is 10.0. The van der Waals surface area contributed by atoms with Crippen LogP contribution in [-0.2, 0) is 0 Å². The first-order chi connectivity index (χ1) is 6.81. The molecule has 0 saturated heterocycles. The van der Waals surface area contributed by atoms with Gasteiger partial charge >= 0.3 is 0 Å². The molecule has 1 aromatic heterocycles. The molecule has 0 spiro atoms. The highest BCUT2D eigenvalue weighted by atomic mass is 16.5. The first-order valence-corrected chi connectivity index (χ1v) is 5.10. The van der Waals surface area contributed by atoms with Crippen LogP contribution in [0.1, 0.15) is 37.3 Å². The lowest BCUT2D eigenvalue weighted by Gasteiger charge is -2.13. The molecule has 0 aliphatic heterocycles. The maximum absolute atomic E-state index is 5.66. The van der Waals surface area contributed by atoms with E-state index in [4.69, 9.17) is 10.5 Å². The maximum atomic E-state index is 5.66. The third-order valence-corrected chi connectivity index (χ3v) is 2.86. The van der Waals surface area contributed by atoms with Gasteiger partial charge in [-0.2, -0.15) is 0 Å². The molecule has 1 fully saturated rings. The van der Waals surface area contributed by atoms with Crippen molar-refractivity contribution in [2.45, 2.75) is 31.6 Å². The molecular formula is C11H16N2O. The van der Waals surface area contributed by atoms with Gasteiger partial charge in [-0.05, 0) is 12.8 Å². The Labute approximate surface area is 84.3 Å². The molecule has 0 atom stereocenters. The van der Waals surface area contributed by atoms with E-state index in [1.165, 1.54) is 25.7 Å². The molecule has 0 unspecified atom stereocenters. The minimum Gasteiger partial charge on any atom is -0.495 e. The van der Waals surface area contributed by atoms with Crippen LogP contribution in [0.4, 0.5) is 5.69 Å². The number of aromatic nitrogens is 1. The van der Waals surface area contributed by atoms with Crippen molar-refractivity contribution in [3.05, 3.63) is 18.0 Å². The van der Waals surface area contributed by atoms with Crippen LogP contribution in [-0.4, -0.2) is 12.1 Å². The van der Waals surface area contributed by atoms with Crippen LogP contribution in [0.3, 0.4) is 0 Å². The van der Waals surface area contributed by atoms with Crippen molar-refractivity contribution in [2.24, 2.45) is 0 Å². The second kappa shape index (κ2) is 3.86. The zero-order chi connectivity index (χ0) is 9.97. The first kappa shape index (κ1) is 9.31. The highest BCUT2D eigenvalue weighted by Crippen LogP contribution is 2.37. The average Bonchev–Trinajstić information content (AvgIpc) is 2.70. The predicted octanol–water partition coefficient (Wildman–Crippen LogP) is 2.33. The Morgan fingerprint density at radius 1 is 1.43 bits per heavy atom. The lowest BCUT2D eigenvalue weighted by molar-refractivity contribution is 0.402. The lowest BCUT2D eigenvalue weighted by Crippen LogP contribution is -2.01. The molecule has 1 aromatic rings. The van der Waals surface area contributed by atoms with Crippen LogP contribution < -0.4 is 10.5 Å². The Kier molecular flexibility index (Phi) is 2.57. The number of hydrogen-bond acceptors (Lipinski definition) is 3. The van der Waals surface area contributed by atoms with Crippen molar-refractivity contribution >= 4 is 5.69 Å². The molecule has 2 rings (SSSR count). The number of hydrogen-bond donors (Lipinski definition) is 1. The topological polar surface area (TPSA) is 48.1 Å². The maximum Gasteiger partial charge on any atom is 0.142 e. The number of rotatable bonds is 2. The Morgan fingerprint density at radius 2 is 2.14 bits per heavy atom. The monoisotopic (exact) mass is 192 g/mol. The van der Waals surface area contributed by atoms with E-state index < -0.39 is 0 Å². The van der Waals surface area contributed by atoms with E-state index in [-0.39, 0.29) is 0 Å². The van der Waals surface area contributed by atoms with E-state index in [0.29, 0.717) is 11.6 Å². The molecule has 1 aliphatic rings. The first-order valence-electron chi connectivity index (χ1n) is 5.10. The molecule has 2 N–H and O–H groups in total. The second-order valence-corrected chi connectivity index (χ2v) is 3.84. The molecule has 3 heteroatoms. The van der Waals surface area contributed by atoms with Gasteiger partial charge in [-0.3, -0.25) is 4.98 Å². The van der Waals surface area contributed by atoms with E-state index >= 15 is 0 Å². The zero-order valence-electron chi connectivity index (χ0n) is 8.49. The van der Waals surface area contributed by atoms with Gasteiger partial charge < -0.3 is 10.5 Å². The molecule has 14 heavy (non-hydrogen) atoms. The summed E-state index contributed by atoms with van der Waals surface area (Å²) >= 11 is 0. The minimum absolute atomic E-state index is 0.575. The molecule has 0 amide bonds. The van der Waals surface area contributed by atoms with Crippen molar-refractivity contribution < 1.29 is 4.74 Å². The molecule has 3 nitrogen and oxygen atoms in total. The third-order valence-electron chi connectivity index (χ3n) is 2.86. The molecule has 1 saturated carbocycles. The van der Waals surface area contributed by atoms with E-state index in [9.17, 15) is 0 Å². The number of nitrogens with zero attached hydrogens (tertiary/aromatic N) is 1. The summed E-state index contributed by atoms with van der Waals surface area (Å²) in [6.07, 6.45) is 6.79. The molecular weight excluding hydrogens is 176 g/mol. The Morgan fingerprint density at radius 3 is 2.79 bits per heavy atom. The summed E-state index contributed by atoms with van der Waals surface area (Å²) in [6.45, 7) is 0. The van der Waals surface area contributed by atoms with Gasteiger partial charge in [-0.15, -0.1) is 0 Å². The summed E-state index contributed by atoms with van der Waals surface area (Å²) < 4.78 is 5.30. The summed E-state index contributed by atoms with van der Waals surface area (Å²) in [5.41, 5.74) is 7.41. The number of ether oxygens (including phenoxy) is 1. The van der Waals surface area contributed by atoms with Gasteiger partial charge in [-0.25, -0.2) is 0 Å². The molecule has 1 heterocycles. The van der Waals surface area contributed by atoms with Gasteiger partial charge in [0.15, 0.2) is 0 Å². The molecule has 76 valence electrons. The Balaban J connectivity index is 2.31. The van der Waals surface area contributed by atoms with Gasteiger partial charge in [0.1, 0.15) is 5.75 Å². The van der Waals surface area contributed by atoms with Gasteiger partial charge in [0.25, 0.3) is 0 Å². The van der Waals surface area contributed by atoms with Gasteiger partial charge in [0, 0.05) is 12.0 Å². The van der Waals surface area contributed by atoms with Crippen LogP contribution in [0.15, 0.2) is 12.3 Å². The van der Waals surface area contributed by atoms with Gasteiger partial charge in [0.2, 0.25) is 0 Å². The smallest absolute Gasteiger partial charge is 0.142 e. The zero-order valence-corrected chi connectivity index (χ0v) is 8.49. The number of nitrogen functional groups attached to an aromatic ring is 1. The van der Waals surface area contributed by atoms with Crippen molar-refractivity contribution in [1.29, 1.82) is 0 Å².